The zero-order valence-electron chi connectivity index (χ0n) is 12.2. The van der Waals surface area contributed by atoms with Gasteiger partial charge in [0, 0.05) is 19.1 Å². The summed E-state index contributed by atoms with van der Waals surface area (Å²) >= 11 is 0. The lowest BCUT2D eigenvalue weighted by atomic mass is 10.1. The summed E-state index contributed by atoms with van der Waals surface area (Å²) in [6.07, 6.45) is 3.57. The highest BCUT2D eigenvalue weighted by molar-refractivity contribution is 7.89. The van der Waals surface area contributed by atoms with E-state index in [-0.39, 0.29) is 10.5 Å². The van der Waals surface area contributed by atoms with Gasteiger partial charge in [-0.05, 0) is 56.0 Å². The molecule has 0 radical (unpaired) electrons. The Morgan fingerprint density at radius 1 is 1.23 bits per heavy atom. The molecule has 3 rings (SSSR count). The van der Waals surface area contributed by atoms with Crippen LogP contribution in [0.5, 0.6) is 0 Å². The van der Waals surface area contributed by atoms with Crippen LogP contribution in [0.4, 0.5) is 0 Å². The average molecular weight is 324 g/mol. The zero-order chi connectivity index (χ0) is 15.7. The van der Waals surface area contributed by atoms with Crippen LogP contribution in [0.2, 0.25) is 0 Å². The van der Waals surface area contributed by atoms with Crippen molar-refractivity contribution < 1.29 is 18.3 Å². The Labute approximate surface area is 130 Å². The third kappa shape index (κ3) is 3.48. The first kappa shape index (κ1) is 15.5. The second-order valence-corrected chi connectivity index (χ2v) is 7.83. The predicted molar refractivity (Wildman–Crippen MR) is 81.3 cm³/mol. The molecule has 0 bridgehead atoms. The molecular formula is C15H20N2O4S. The van der Waals surface area contributed by atoms with Crippen LogP contribution in [0.3, 0.4) is 0 Å². The standard InChI is InChI=1S/C15H20N2O4S/c18-15(19)12-1-5-14(6-2-12)22(20,21)16-9-11-7-8-17(10-11)13-3-4-13/h1-2,5-6,11,13,16H,3-4,7-10H2,(H,18,19)/t11-/m1/s1. The molecule has 22 heavy (non-hydrogen) atoms. The van der Waals surface area contributed by atoms with E-state index in [4.69, 9.17) is 5.11 Å². The molecule has 1 atom stereocenters. The van der Waals surface area contributed by atoms with Crippen molar-refractivity contribution in [2.24, 2.45) is 5.92 Å². The minimum atomic E-state index is -3.57. The molecule has 1 aliphatic heterocycles. The van der Waals surface area contributed by atoms with Gasteiger partial charge < -0.3 is 10.0 Å². The second-order valence-electron chi connectivity index (χ2n) is 6.06. The van der Waals surface area contributed by atoms with E-state index in [1.54, 1.807) is 0 Å². The summed E-state index contributed by atoms with van der Waals surface area (Å²) in [5.74, 6) is -0.711. The Morgan fingerprint density at radius 2 is 1.91 bits per heavy atom. The van der Waals surface area contributed by atoms with Gasteiger partial charge in [-0.3, -0.25) is 0 Å². The van der Waals surface area contributed by atoms with Gasteiger partial charge in [-0.2, -0.15) is 0 Å². The van der Waals surface area contributed by atoms with Crippen LogP contribution in [0.25, 0.3) is 0 Å². The maximum absolute atomic E-state index is 12.2. The molecule has 1 heterocycles. The molecule has 1 saturated heterocycles. The Hall–Kier alpha value is -1.44. The summed E-state index contributed by atoms with van der Waals surface area (Å²) < 4.78 is 27.1. The zero-order valence-corrected chi connectivity index (χ0v) is 13.1. The van der Waals surface area contributed by atoms with Gasteiger partial charge in [-0.15, -0.1) is 0 Å². The molecule has 0 amide bonds. The number of hydrogen-bond donors (Lipinski definition) is 2. The fraction of sp³-hybridized carbons (Fsp3) is 0.533. The number of nitrogens with zero attached hydrogens (tertiary/aromatic N) is 1. The van der Waals surface area contributed by atoms with Gasteiger partial charge in [0.25, 0.3) is 0 Å². The van der Waals surface area contributed by atoms with Crippen molar-refractivity contribution in [3.8, 4) is 0 Å². The Balaban J connectivity index is 1.57. The van der Waals surface area contributed by atoms with Gasteiger partial charge >= 0.3 is 5.97 Å². The first-order valence-corrected chi connectivity index (χ1v) is 9.01. The predicted octanol–water partition coefficient (Wildman–Crippen LogP) is 1.15. The molecule has 6 nitrogen and oxygen atoms in total. The Kier molecular flexibility index (Phi) is 4.20. The van der Waals surface area contributed by atoms with Crippen molar-refractivity contribution in [3.63, 3.8) is 0 Å². The van der Waals surface area contributed by atoms with Crippen LogP contribution in [0.1, 0.15) is 29.6 Å². The molecule has 1 aliphatic carbocycles. The van der Waals surface area contributed by atoms with E-state index in [1.165, 1.54) is 37.1 Å². The molecule has 1 aromatic carbocycles. The highest BCUT2D eigenvalue weighted by atomic mass is 32.2. The number of nitrogens with one attached hydrogen (secondary N) is 1. The summed E-state index contributed by atoms with van der Waals surface area (Å²) in [7, 11) is -3.57. The fourth-order valence-electron chi connectivity index (χ4n) is 2.89. The Bertz CT molecular complexity index is 653. The number of carboxylic acids is 1. The van der Waals surface area contributed by atoms with Gasteiger partial charge in [-0.1, -0.05) is 0 Å². The van der Waals surface area contributed by atoms with Crippen molar-refractivity contribution in [1.82, 2.24) is 9.62 Å². The number of carbonyl (C=O) groups is 1. The van der Waals surface area contributed by atoms with Crippen LogP contribution in [0, 0.1) is 5.92 Å². The lowest BCUT2D eigenvalue weighted by molar-refractivity contribution is 0.0696. The quantitative estimate of drug-likeness (QED) is 0.820. The fourth-order valence-corrected chi connectivity index (χ4v) is 4.00. The SMILES string of the molecule is O=C(O)c1ccc(S(=O)(=O)NC[C@H]2CCN(C3CC3)C2)cc1. The lowest BCUT2D eigenvalue weighted by Gasteiger charge is -2.15. The minimum Gasteiger partial charge on any atom is -0.478 e. The highest BCUT2D eigenvalue weighted by Crippen LogP contribution is 2.31. The van der Waals surface area contributed by atoms with Crippen molar-refractivity contribution in [2.45, 2.75) is 30.2 Å². The van der Waals surface area contributed by atoms with Gasteiger partial charge in [0.15, 0.2) is 0 Å². The monoisotopic (exact) mass is 324 g/mol. The molecule has 120 valence electrons. The number of benzene rings is 1. The van der Waals surface area contributed by atoms with Crippen LogP contribution in [0.15, 0.2) is 29.2 Å². The molecule has 2 aliphatic rings. The summed E-state index contributed by atoms with van der Waals surface area (Å²) in [5.41, 5.74) is 0.0785. The third-order valence-electron chi connectivity index (χ3n) is 4.35. The topological polar surface area (TPSA) is 86.7 Å². The van der Waals surface area contributed by atoms with Gasteiger partial charge in [0.1, 0.15) is 0 Å². The van der Waals surface area contributed by atoms with Crippen molar-refractivity contribution in [2.75, 3.05) is 19.6 Å². The van der Waals surface area contributed by atoms with Crippen LogP contribution in [-0.2, 0) is 10.0 Å². The minimum absolute atomic E-state index is 0.0785. The van der Waals surface area contributed by atoms with Gasteiger partial charge in [0.2, 0.25) is 10.0 Å². The first-order valence-electron chi connectivity index (χ1n) is 7.53. The van der Waals surface area contributed by atoms with Crippen molar-refractivity contribution in [1.29, 1.82) is 0 Å². The van der Waals surface area contributed by atoms with Gasteiger partial charge in [-0.25, -0.2) is 17.9 Å². The number of hydrogen-bond acceptors (Lipinski definition) is 4. The maximum Gasteiger partial charge on any atom is 0.335 e. The third-order valence-corrected chi connectivity index (χ3v) is 5.79. The second kappa shape index (κ2) is 5.98. The Morgan fingerprint density at radius 3 is 2.50 bits per heavy atom. The molecule has 0 aromatic heterocycles. The number of sulfonamides is 1. The molecule has 7 heteroatoms. The summed E-state index contributed by atoms with van der Waals surface area (Å²) in [5, 5.41) is 8.83. The van der Waals surface area contributed by atoms with E-state index >= 15 is 0 Å². The van der Waals surface area contributed by atoms with Crippen LogP contribution < -0.4 is 4.72 Å². The summed E-state index contributed by atoms with van der Waals surface area (Å²) in [6.45, 7) is 2.46. The number of carboxylic acid groups (broad SMARTS) is 1. The molecule has 1 aromatic rings. The lowest BCUT2D eigenvalue weighted by Crippen LogP contribution is -2.31. The number of aromatic carboxylic acids is 1. The van der Waals surface area contributed by atoms with Gasteiger partial charge in [0.05, 0.1) is 10.5 Å². The molecule has 0 unspecified atom stereocenters. The maximum atomic E-state index is 12.2. The van der Waals surface area contributed by atoms with E-state index in [0.29, 0.717) is 12.5 Å². The van der Waals surface area contributed by atoms with E-state index in [9.17, 15) is 13.2 Å². The smallest absolute Gasteiger partial charge is 0.335 e. The summed E-state index contributed by atoms with van der Waals surface area (Å²) in [6, 6.07) is 6.00. The number of rotatable bonds is 6. The molecule has 2 N–H and O–H groups in total. The molecule has 2 fully saturated rings. The largest absolute Gasteiger partial charge is 0.478 e. The van der Waals surface area contributed by atoms with Crippen molar-refractivity contribution in [3.05, 3.63) is 29.8 Å². The summed E-state index contributed by atoms with van der Waals surface area (Å²) in [4.78, 5) is 13.3. The van der Waals surface area contributed by atoms with Crippen molar-refractivity contribution >= 4 is 16.0 Å². The first-order chi connectivity index (χ1) is 10.5. The van der Waals surface area contributed by atoms with Crippen LogP contribution in [-0.4, -0.2) is 50.1 Å². The number of likely N-dealkylation sites (tertiary alicyclic amines) is 1. The molecular weight excluding hydrogens is 304 g/mol. The average Bonchev–Trinajstić information content (AvgIpc) is 3.24. The van der Waals surface area contributed by atoms with E-state index in [0.717, 1.165) is 25.6 Å². The van der Waals surface area contributed by atoms with E-state index in [1.807, 2.05) is 0 Å². The molecule has 0 spiro atoms. The molecule has 1 saturated carbocycles. The van der Waals surface area contributed by atoms with E-state index < -0.39 is 16.0 Å². The van der Waals surface area contributed by atoms with E-state index in [2.05, 4.69) is 9.62 Å². The highest BCUT2D eigenvalue weighted by Gasteiger charge is 2.34. The van der Waals surface area contributed by atoms with Crippen LogP contribution >= 0.6 is 0 Å². The normalized spacial score (nSPS) is 22.8.